The molecule has 1 amide bonds. The van der Waals surface area contributed by atoms with Crippen LogP contribution in [-0.2, 0) is 9.47 Å². The van der Waals surface area contributed by atoms with Crippen LogP contribution in [0.4, 0.5) is 4.79 Å². The highest BCUT2D eigenvalue weighted by atomic mass is 16.6. The van der Waals surface area contributed by atoms with Crippen molar-refractivity contribution in [1.29, 1.82) is 0 Å². The summed E-state index contributed by atoms with van der Waals surface area (Å²) in [7, 11) is 1.76. The van der Waals surface area contributed by atoms with Crippen molar-refractivity contribution >= 4 is 6.09 Å². The van der Waals surface area contributed by atoms with Crippen molar-refractivity contribution in [3.63, 3.8) is 0 Å². The van der Waals surface area contributed by atoms with Gasteiger partial charge in [-0.25, -0.2) is 4.79 Å². The summed E-state index contributed by atoms with van der Waals surface area (Å²) in [5, 5.41) is 3.44. The van der Waals surface area contributed by atoms with Gasteiger partial charge in [0.25, 0.3) is 0 Å². The summed E-state index contributed by atoms with van der Waals surface area (Å²) in [4.78, 5) is 13.4. The predicted molar refractivity (Wildman–Crippen MR) is 75.3 cm³/mol. The molecule has 0 bridgehead atoms. The zero-order chi connectivity index (χ0) is 14.5. The van der Waals surface area contributed by atoms with Crippen LogP contribution in [0.15, 0.2) is 0 Å². The van der Waals surface area contributed by atoms with Crippen molar-refractivity contribution in [2.45, 2.75) is 45.8 Å². The van der Waals surface area contributed by atoms with Crippen LogP contribution in [0.25, 0.3) is 0 Å². The number of amides is 1. The van der Waals surface area contributed by atoms with Gasteiger partial charge in [0.15, 0.2) is 0 Å². The Balaban J connectivity index is 2.19. The van der Waals surface area contributed by atoms with Crippen LogP contribution in [-0.4, -0.2) is 56.0 Å². The summed E-state index contributed by atoms with van der Waals surface area (Å²) in [5.74, 6) is 0.590. The molecule has 1 aliphatic rings. The zero-order valence-corrected chi connectivity index (χ0v) is 12.9. The van der Waals surface area contributed by atoms with Crippen molar-refractivity contribution in [2.75, 3.05) is 33.4 Å². The first-order chi connectivity index (χ1) is 8.79. The normalized spacial score (nSPS) is 21.2. The minimum absolute atomic E-state index is 0.272. The summed E-state index contributed by atoms with van der Waals surface area (Å²) < 4.78 is 10.7. The van der Waals surface area contributed by atoms with Crippen LogP contribution < -0.4 is 5.32 Å². The summed E-state index contributed by atoms with van der Waals surface area (Å²) in [6.45, 7) is 10.9. The largest absolute Gasteiger partial charge is 0.444 e. The Hall–Kier alpha value is -0.810. The molecule has 0 aromatic carbocycles. The van der Waals surface area contributed by atoms with Gasteiger partial charge in [0.1, 0.15) is 5.60 Å². The molecule has 5 nitrogen and oxygen atoms in total. The van der Waals surface area contributed by atoms with Gasteiger partial charge in [-0.2, -0.15) is 0 Å². The lowest BCUT2D eigenvalue weighted by atomic mass is 10.0. The van der Waals surface area contributed by atoms with E-state index in [9.17, 15) is 4.79 Å². The van der Waals surface area contributed by atoms with Crippen LogP contribution in [0, 0.1) is 5.92 Å². The molecule has 1 heterocycles. The summed E-state index contributed by atoms with van der Waals surface area (Å²) >= 11 is 0. The van der Waals surface area contributed by atoms with Crippen LogP contribution in [0.3, 0.4) is 0 Å². The molecule has 0 aliphatic carbocycles. The smallest absolute Gasteiger partial charge is 0.410 e. The highest BCUT2D eigenvalue weighted by Gasteiger charge is 2.22. The SMILES string of the molecule is CC(NCCN(C)C(=O)OC(C)(C)C)C1CCOC1. The van der Waals surface area contributed by atoms with Crippen molar-refractivity contribution < 1.29 is 14.3 Å². The number of carbonyl (C=O) groups excluding carboxylic acids is 1. The molecule has 1 N–H and O–H groups in total. The Bertz CT molecular complexity index is 283. The number of ether oxygens (including phenoxy) is 2. The Labute approximate surface area is 116 Å². The fourth-order valence-electron chi connectivity index (χ4n) is 2.00. The van der Waals surface area contributed by atoms with E-state index in [1.165, 1.54) is 0 Å². The molecular formula is C14H28N2O3. The van der Waals surface area contributed by atoms with Gasteiger partial charge in [-0.1, -0.05) is 0 Å². The topological polar surface area (TPSA) is 50.8 Å². The van der Waals surface area contributed by atoms with Gasteiger partial charge in [0.2, 0.25) is 0 Å². The first-order valence-electron chi connectivity index (χ1n) is 7.05. The third-order valence-electron chi connectivity index (χ3n) is 3.29. The Morgan fingerprint density at radius 2 is 2.21 bits per heavy atom. The van der Waals surface area contributed by atoms with E-state index in [4.69, 9.17) is 9.47 Å². The van der Waals surface area contributed by atoms with Crippen molar-refractivity contribution in [3.05, 3.63) is 0 Å². The number of nitrogens with one attached hydrogen (secondary N) is 1. The van der Waals surface area contributed by atoms with Crippen molar-refractivity contribution in [3.8, 4) is 0 Å². The van der Waals surface area contributed by atoms with Gasteiger partial charge in [-0.15, -0.1) is 0 Å². The number of carbonyl (C=O) groups is 1. The van der Waals surface area contributed by atoms with E-state index >= 15 is 0 Å². The highest BCUT2D eigenvalue weighted by molar-refractivity contribution is 5.67. The molecule has 0 aromatic heterocycles. The monoisotopic (exact) mass is 272 g/mol. The van der Waals surface area contributed by atoms with Crippen molar-refractivity contribution in [2.24, 2.45) is 5.92 Å². The quantitative estimate of drug-likeness (QED) is 0.830. The zero-order valence-electron chi connectivity index (χ0n) is 12.9. The molecule has 1 saturated heterocycles. The standard InChI is InChI=1S/C14H28N2O3/c1-11(12-6-9-18-10-12)15-7-8-16(5)13(17)19-14(2,3)4/h11-12,15H,6-10H2,1-5H3. The fraction of sp³-hybridized carbons (Fsp3) is 0.929. The summed E-state index contributed by atoms with van der Waals surface area (Å²) in [6, 6.07) is 0.425. The van der Waals surface area contributed by atoms with Crippen LogP contribution in [0.5, 0.6) is 0 Å². The van der Waals surface area contributed by atoms with E-state index in [-0.39, 0.29) is 6.09 Å². The maximum Gasteiger partial charge on any atom is 0.410 e. The second-order valence-corrected chi connectivity index (χ2v) is 6.27. The van der Waals surface area contributed by atoms with Crippen LogP contribution >= 0.6 is 0 Å². The van der Waals surface area contributed by atoms with E-state index in [0.29, 0.717) is 18.5 Å². The second-order valence-electron chi connectivity index (χ2n) is 6.27. The lowest BCUT2D eigenvalue weighted by Crippen LogP contribution is -2.41. The molecular weight excluding hydrogens is 244 g/mol. The molecule has 112 valence electrons. The predicted octanol–water partition coefficient (Wildman–Crippen LogP) is 1.87. The lowest BCUT2D eigenvalue weighted by molar-refractivity contribution is 0.0298. The number of hydrogen-bond donors (Lipinski definition) is 1. The van der Waals surface area contributed by atoms with Gasteiger partial charge >= 0.3 is 6.09 Å². The maximum atomic E-state index is 11.7. The first-order valence-corrected chi connectivity index (χ1v) is 7.05. The number of nitrogens with zero attached hydrogens (tertiary/aromatic N) is 1. The molecule has 1 rings (SSSR count). The minimum atomic E-state index is -0.437. The van der Waals surface area contributed by atoms with Gasteiger partial charge in [0, 0.05) is 32.8 Å². The van der Waals surface area contributed by atoms with E-state index < -0.39 is 5.60 Å². The molecule has 0 radical (unpaired) electrons. The molecule has 0 saturated carbocycles. The van der Waals surface area contributed by atoms with E-state index in [2.05, 4.69) is 12.2 Å². The Morgan fingerprint density at radius 3 is 2.74 bits per heavy atom. The van der Waals surface area contributed by atoms with E-state index in [1.807, 2.05) is 20.8 Å². The third kappa shape index (κ3) is 6.25. The van der Waals surface area contributed by atoms with Gasteiger partial charge in [-0.3, -0.25) is 0 Å². The maximum absolute atomic E-state index is 11.7. The molecule has 0 aromatic rings. The van der Waals surface area contributed by atoms with Crippen molar-refractivity contribution in [1.82, 2.24) is 10.2 Å². The van der Waals surface area contributed by atoms with Gasteiger partial charge < -0.3 is 19.7 Å². The van der Waals surface area contributed by atoms with Gasteiger partial charge in [-0.05, 0) is 40.0 Å². The van der Waals surface area contributed by atoms with Crippen LogP contribution in [0.1, 0.15) is 34.1 Å². The molecule has 0 spiro atoms. The third-order valence-corrected chi connectivity index (χ3v) is 3.29. The summed E-state index contributed by atoms with van der Waals surface area (Å²) in [5.41, 5.74) is -0.437. The minimum Gasteiger partial charge on any atom is -0.444 e. The highest BCUT2D eigenvalue weighted by Crippen LogP contribution is 2.16. The average Bonchev–Trinajstić information content (AvgIpc) is 2.79. The molecule has 2 unspecified atom stereocenters. The fourth-order valence-corrected chi connectivity index (χ4v) is 2.00. The number of likely N-dealkylation sites (N-methyl/N-ethyl adjacent to an activating group) is 1. The Kier molecular flexibility index (Phi) is 6.07. The van der Waals surface area contributed by atoms with E-state index in [0.717, 1.165) is 26.2 Å². The molecule has 19 heavy (non-hydrogen) atoms. The number of rotatable bonds is 5. The molecule has 5 heteroatoms. The van der Waals surface area contributed by atoms with Gasteiger partial charge in [0.05, 0.1) is 6.61 Å². The molecule has 1 fully saturated rings. The molecule has 1 aliphatic heterocycles. The average molecular weight is 272 g/mol. The Morgan fingerprint density at radius 1 is 1.53 bits per heavy atom. The van der Waals surface area contributed by atoms with Crippen LogP contribution in [0.2, 0.25) is 0 Å². The summed E-state index contributed by atoms with van der Waals surface area (Å²) in [6.07, 6.45) is 0.849. The molecule has 2 atom stereocenters. The van der Waals surface area contributed by atoms with E-state index in [1.54, 1.807) is 11.9 Å². The first kappa shape index (κ1) is 16.2. The number of hydrogen-bond acceptors (Lipinski definition) is 4. The lowest BCUT2D eigenvalue weighted by Gasteiger charge is -2.26. The second kappa shape index (κ2) is 7.10.